The van der Waals surface area contributed by atoms with Crippen LogP contribution in [0.4, 0.5) is 0 Å². The van der Waals surface area contributed by atoms with E-state index in [9.17, 15) is 0 Å². The zero-order chi connectivity index (χ0) is 32.3. The predicted molar refractivity (Wildman–Crippen MR) is 190 cm³/mol. The Balaban J connectivity index is 1.24. The SMILES string of the molecule is CCc1c(OCc2ccccc2)cc(OCc2ccccc2)c(I)c1CC1O[C@H](OCc2ccccc2)[C@@H](OCc2ccccc2)O1. The van der Waals surface area contributed by atoms with E-state index in [0.717, 1.165) is 54.9 Å². The first kappa shape index (κ1) is 33.2. The van der Waals surface area contributed by atoms with Crippen LogP contribution in [0, 0.1) is 3.57 Å². The van der Waals surface area contributed by atoms with Gasteiger partial charge in [-0.05, 0) is 62.4 Å². The average molecular weight is 743 g/mol. The first-order chi connectivity index (χ1) is 23.2. The quantitative estimate of drug-likeness (QED) is 0.0999. The molecule has 7 heteroatoms. The second kappa shape index (κ2) is 16.9. The molecule has 242 valence electrons. The molecule has 0 amide bonds. The van der Waals surface area contributed by atoms with Crippen LogP contribution in [0.2, 0.25) is 0 Å². The minimum Gasteiger partial charge on any atom is -0.488 e. The second-order valence-electron chi connectivity index (χ2n) is 11.3. The highest BCUT2D eigenvalue weighted by Gasteiger charge is 2.39. The van der Waals surface area contributed by atoms with Crippen molar-refractivity contribution in [3.63, 3.8) is 0 Å². The zero-order valence-corrected chi connectivity index (χ0v) is 28.6. The molecule has 5 aromatic carbocycles. The second-order valence-corrected chi connectivity index (χ2v) is 12.4. The van der Waals surface area contributed by atoms with E-state index in [0.29, 0.717) is 32.8 Å². The van der Waals surface area contributed by atoms with Crippen LogP contribution in [0.15, 0.2) is 127 Å². The third kappa shape index (κ3) is 9.21. The highest BCUT2D eigenvalue weighted by atomic mass is 127. The summed E-state index contributed by atoms with van der Waals surface area (Å²) in [6, 6.07) is 42.4. The lowest BCUT2D eigenvalue weighted by Gasteiger charge is -2.21. The van der Waals surface area contributed by atoms with Gasteiger partial charge in [0.15, 0.2) is 6.29 Å². The molecule has 6 rings (SSSR count). The number of hydrogen-bond donors (Lipinski definition) is 0. The van der Waals surface area contributed by atoms with E-state index in [2.05, 4.69) is 53.8 Å². The van der Waals surface area contributed by atoms with Gasteiger partial charge in [0.1, 0.15) is 24.7 Å². The summed E-state index contributed by atoms with van der Waals surface area (Å²) in [6.07, 6.45) is -0.747. The molecule has 0 N–H and O–H groups in total. The maximum absolute atomic E-state index is 6.47. The molecule has 0 spiro atoms. The Morgan fingerprint density at radius 1 is 0.532 bits per heavy atom. The predicted octanol–water partition coefficient (Wildman–Crippen LogP) is 9.01. The maximum atomic E-state index is 6.47. The van der Waals surface area contributed by atoms with Crippen LogP contribution < -0.4 is 9.47 Å². The van der Waals surface area contributed by atoms with Crippen LogP contribution in [0.1, 0.15) is 40.3 Å². The van der Waals surface area contributed by atoms with Crippen molar-refractivity contribution in [2.45, 2.75) is 65.1 Å². The molecule has 0 unspecified atom stereocenters. The fraction of sp³-hybridized carbons (Fsp3) is 0.250. The summed E-state index contributed by atoms with van der Waals surface area (Å²) in [5.41, 5.74) is 6.45. The molecule has 6 nitrogen and oxygen atoms in total. The molecule has 0 saturated carbocycles. The van der Waals surface area contributed by atoms with Gasteiger partial charge < -0.3 is 28.4 Å². The summed E-state index contributed by atoms with van der Waals surface area (Å²) >= 11 is 2.38. The molecule has 0 bridgehead atoms. The Bertz CT molecular complexity index is 1620. The number of hydrogen-bond acceptors (Lipinski definition) is 6. The van der Waals surface area contributed by atoms with Gasteiger partial charge in [-0.1, -0.05) is 128 Å². The van der Waals surface area contributed by atoms with Gasteiger partial charge in [-0.15, -0.1) is 0 Å². The first-order valence-electron chi connectivity index (χ1n) is 16.0. The third-order valence-corrected chi connectivity index (χ3v) is 9.09. The molecule has 1 fully saturated rings. The number of rotatable bonds is 15. The lowest BCUT2D eigenvalue weighted by molar-refractivity contribution is -0.200. The molecule has 0 aliphatic carbocycles. The summed E-state index contributed by atoms with van der Waals surface area (Å²) in [5.74, 6) is 1.55. The topological polar surface area (TPSA) is 55.4 Å². The van der Waals surface area contributed by atoms with Gasteiger partial charge in [-0.3, -0.25) is 0 Å². The molecule has 1 aliphatic rings. The van der Waals surface area contributed by atoms with Crippen LogP contribution in [0.25, 0.3) is 0 Å². The van der Waals surface area contributed by atoms with Crippen molar-refractivity contribution in [2.75, 3.05) is 0 Å². The minimum atomic E-state index is -0.696. The summed E-state index contributed by atoms with van der Waals surface area (Å²) in [5, 5.41) is 0. The number of ether oxygens (including phenoxy) is 6. The first-order valence-corrected chi connectivity index (χ1v) is 17.0. The molecule has 1 aliphatic heterocycles. The molecule has 1 saturated heterocycles. The third-order valence-electron chi connectivity index (χ3n) is 7.91. The van der Waals surface area contributed by atoms with Gasteiger partial charge in [-0.2, -0.15) is 0 Å². The van der Waals surface area contributed by atoms with Gasteiger partial charge in [0, 0.05) is 12.5 Å². The normalized spacial score (nSPS) is 16.3. The summed E-state index contributed by atoms with van der Waals surface area (Å²) in [6.45, 7) is 3.80. The van der Waals surface area contributed by atoms with E-state index in [1.165, 1.54) is 0 Å². The van der Waals surface area contributed by atoms with E-state index in [-0.39, 0.29) is 0 Å². The van der Waals surface area contributed by atoms with E-state index < -0.39 is 18.9 Å². The fourth-order valence-electron chi connectivity index (χ4n) is 5.47. The van der Waals surface area contributed by atoms with Crippen molar-refractivity contribution in [1.82, 2.24) is 0 Å². The van der Waals surface area contributed by atoms with E-state index in [4.69, 9.17) is 28.4 Å². The van der Waals surface area contributed by atoms with Crippen LogP contribution >= 0.6 is 22.6 Å². The minimum absolute atomic E-state index is 0.380. The van der Waals surface area contributed by atoms with Crippen LogP contribution in [0.3, 0.4) is 0 Å². The Hall–Kier alpha value is -3.73. The maximum Gasteiger partial charge on any atom is 0.212 e. The monoisotopic (exact) mass is 742 g/mol. The Kier molecular flexibility index (Phi) is 11.9. The summed E-state index contributed by atoms with van der Waals surface area (Å²) in [7, 11) is 0. The van der Waals surface area contributed by atoms with Crippen molar-refractivity contribution >= 4 is 22.6 Å². The van der Waals surface area contributed by atoms with E-state index in [1.807, 2.05) is 103 Å². The Labute approximate surface area is 290 Å². The molecule has 2 atom stereocenters. The Morgan fingerprint density at radius 2 is 0.936 bits per heavy atom. The average Bonchev–Trinajstić information content (AvgIpc) is 3.52. The molecule has 5 aromatic rings. The van der Waals surface area contributed by atoms with Crippen LogP contribution in [0.5, 0.6) is 11.5 Å². The standard InChI is InChI=1S/C40H39IO6/c1-2-33-34(38(41)36(43-26-30-17-9-4-10-18-30)24-35(33)42-25-29-15-7-3-8-16-29)23-37-46-39(44-27-31-19-11-5-12-20-31)40(47-37)45-28-32-21-13-6-14-22-32/h3-22,24,37,39-40H,2,23,25-28H2,1H3/t39-,40-/m0/s1. The molecular formula is C40H39IO6. The zero-order valence-electron chi connectivity index (χ0n) is 26.4. The highest BCUT2D eigenvalue weighted by molar-refractivity contribution is 14.1. The van der Waals surface area contributed by atoms with Crippen molar-refractivity contribution in [2.24, 2.45) is 0 Å². The molecule has 47 heavy (non-hydrogen) atoms. The van der Waals surface area contributed by atoms with Crippen molar-refractivity contribution in [1.29, 1.82) is 0 Å². The van der Waals surface area contributed by atoms with Crippen molar-refractivity contribution in [3.05, 3.63) is 164 Å². The lowest BCUT2D eigenvalue weighted by Crippen LogP contribution is -2.28. The van der Waals surface area contributed by atoms with Gasteiger partial charge in [0.25, 0.3) is 0 Å². The summed E-state index contributed by atoms with van der Waals surface area (Å²) < 4.78 is 39.2. The Morgan fingerprint density at radius 3 is 1.36 bits per heavy atom. The van der Waals surface area contributed by atoms with Crippen LogP contribution in [-0.4, -0.2) is 18.9 Å². The van der Waals surface area contributed by atoms with E-state index >= 15 is 0 Å². The van der Waals surface area contributed by atoms with Gasteiger partial charge in [0.2, 0.25) is 12.6 Å². The largest absolute Gasteiger partial charge is 0.488 e. The lowest BCUT2D eigenvalue weighted by atomic mass is 10.00. The van der Waals surface area contributed by atoms with Crippen molar-refractivity contribution < 1.29 is 28.4 Å². The molecule has 0 radical (unpaired) electrons. The molecular weight excluding hydrogens is 703 g/mol. The molecule has 0 aromatic heterocycles. The fourth-order valence-corrected chi connectivity index (χ4v) is 6.32. The van der Waals surface area contributed by atoms with Gasteiger partial charge in [-0.25, -0.2) is 0 Å². The highest BCUT2D eigenvalue weighted by Crippen LogP contribution is 2.38. The van der Waals surface area contributed by atoms with Gasteiger partial charge in [0.05, 0.1) is 16.8 Å². The van der Waals surface area contributed by atoms with Crippen molar-refractivity contribution in [3.8, 4) is 11.5 Å². The smallest absolute Gasteiger partial charge is 0.212 e. The summed E-state index contributed by atoms with van der Waals surface area (Å²) in [4.78, 5) is 0. The number of halogens is 1. The number of benzene rings is 5. The van der Waals surface area contributed by atoms with E-state index in [1.54, 1.807) is 0 Å². The van der Waals surface area contributed by atoms with Gasteiger partial charge >= 0.3 is 0 Å². The molecule has 1 heterocycles. The van der Waals surface area contributed by atoms with Crippen LogP contribution in [-0.2, 0) is 58.2 Å².